The van der Waals surface area contributed by atoms with Gasteiger partial charge in [0.05, 0.1) is 13.0 Å². The Bertz CT molecular complexity index is 1400. The van der Waals surface area contributed by atoms with E-state index in [9.17, 15) is 14.4 Å². The highest BCUT2D eigenvalue weighted by Crippen LogP contribution is 2.23. The van der Waals surface area contributed by atoms with E-state index < -0.39 is 24.0 Å². The molecule has 0 heterocycles. The average Bonchev–Trinajstić information content (AvgIpc) is 3.02. The molecule has 0 bridgehead atoms. The molecule has 4 aromatic carbocycles. The fourth-order valence-electron chi connectivity index (χ4n) is 4.19. The molecule has 3 amide bonds. The Hall–Kier alpha value is -4.95. The van der Waals surface area contributed by atoms with Crippen molar-refractivity contribution in [3.05, 3.63) is 126 Å². The van der Waals surface area contributed by atoms with Gasteiger partial charge in [-0.25, -0.2) is 5.48 Å². The molecule has 4 rings (SSSR count). The minimum absolute atomic E-state index is 0.168. The van der Waals surface area contributed by atoms with E-state index in [0.717, 1.165) is 22.3 Å². The Kier molecular flexibility index (Phi) is 10.6. The number of hydrogen-bond acceptors (Lipinski definition) is 5. The molecule has 3 N–H and O–H groups in total. The van der Waals surface area contributed by atoms with Crippen molar-refractivity contribution in [3.63, 3.8) is 0 Å². The predicted molar refractivity (Wildman–Crippen MR) is 156 cm³/mol. The molecule has 8 nitrogen and oxygen atoms in total. The molecule has 0 saturated heterocycles. The van der Waals surface area contributed by atoms with E-state index >= 15 is 0 Å². The van der Waals surface area contributed by atoms with E-state index in [1.54, 1.807) is 12.1 Å². The van der Waals surface area contributed by atoms with Gasteiger partial charge in [0.1, 0.15) is 11.8 Å². The lowest BCUT2D eigenvalue weighted by Gasteiger charge is -2.23. The summed E-state index contributed by atoms with van der Waals surface area (Å²) >= 11 is 0. The van der Waals surface area contributed by atoms with Crippen molar-refractivity contribution < 1.29 is 24.0 Å². The molecule has 0 aliphatic rings. The summed E-state index contributed by atoms with van der Waals surface area (Å²) in [5.41, 5.74) is 6.16. The largest absolute Gasteiger partial charge is 0.480 e. The second-order valence-electron chi connectivity index (χ2n) is 9.37. The lowest BCUT2D eigenvalue weighted by Crippen LogP contribution is -2.52. The number of likely N-dealkylation sites (N-methyl/N-ethyl adjacent to an activating group) is 1. The Morgan fingerprint density at radius 1 is 0.683 bits per heavy atom. The molecule has 4 aromatic rings. The summed E-state index contributed by atoms with van der Waals surface area (Å²) in [5, 5.41) is 5.36. The van der Waals surface area contributed by atoms with Crippen molar-refractivity contribution in [2.45, 2.75) is 31.6 Å². The van der Waals surface area contributed by atoms with Gasteiger partial charge in [0.25, 0.3) is 5.91 Å². The first-order chi connectivity index (χ1) is 20.0. The molecule has 2 atom stereocenters. The SMILES string of the molecule is CNC(=O)[C@H](Cc1ccccc1)NC(=O)[C@@H](CC(=O)NOCc1ccccc1)Oc1ccc(-c2ccccc2)cc1. The first kappa shape index (κ1) is 29.0. The smallest absolute Gasteiger partial charge is 0.262 e. The third-order valence-corrected chi connectivity index (χ3v) is 6.33. The lowest BCUT2D eigenvalue weighted by atomic mass is 10.0. The van der Waals surface area contributed by atoms with Crippen molar-refractivity contribution in [2.75, 3.05) is 7.05 Å². The fourth-order valence-corrected chi connectivity index (χ4v) is 4.19. The number of rotatable bonds is 13. The summed E-state index contributed by atoms with van der Waals surface area (Å²) in [6.07, 6.45) is -1.27. The number of ether oxygens (including phenoxy) is 1. The van der Waals surface area contributed by atoms with Gasteiger partial charge in [-0.05, 0) is 34.4 Å². The Balaban J connectivity index is 1.46. The van der Waals surface area contributed by atoms with Gasteiger partial charge in [-0.15, -0.1) is 0 Å². The predicted octanol–water partition coefficient (Wildman–Crippen LogP) is 4.21. The van der Waals surface area contributed by atoms with E-state index in [1.165, 1.54) is 7.05 Å². The first-order valence-electron chi connectivity index (χ1n) is 13.3. The second kappa shape index (κ2) is 15.0. The zero-order valence-electron chi connectivity index (χ0n) is 22.8. The minimum Gasteiger partial charge on any atom is -0.480 e. The molecule has 0 aliphatic heterocycles. The lowest BCUT2D eigenvalue weighted by molar-refractivity contribution is -0.141. The van der Waals surface area contributed by atoms with Crippen LogP contribution in [0.15, 0.2) is 115 Å². The highest BCUT2D eigenvalue weighted by Gasteiger charge is 2.29. The maximum Gasteiger partial charge on any atom is 0.262 e. The van der Waals surface area contributed by atoms with Gasteiger partial charge in [0, 0.05) is 13.5 Å². The van der Waals surface area contributed by atoms with Crippen LogP contribution in [-0.2, 0) is 32.2 Å². The Morgan fingerprint density at radius 3 is 1.85 bits per heavy atom. The molecule has 0 saturated carbocycles. The fraction of sp³-hybridized carbons (Fsp3) is 0.182. The van der Waals surface area contributed by atoms with Crippen LogP contribution in [-0.4, -0.2) is 36.9 Å². The van der Waals surface area contributed by atoms with E-state index in [2.05, 4.69) is 16.1 Å². The van der Waals surface area contributed by atoms with Gasteiger partial charge < -0.3 is 15.4 Å². The highest BCUT2D eigenvalue weighted by molar-refractivity contribution is 5.92. The number of nitrogens with one attached hydrogen (secondary N) is 3. The molecule has 0 unspecified atom stereocenters. The summed E-state index contributed by atoms with van der Waals surface area (Å²) in [4.78, 5) is 44.2. The van der Waals surface area contributed by atoms with E-state index in [-0.39, 0.29) is 25.4 Å². The molecular formula is C33H33N3O5. The normalized spacial score (nSPS) is 12.0. The first-order valence-corrected chi connectivity index (χ1v) is 13.3. The summed E-state index contributed by atoms with van der Waals surface area (Å²) in [7, 11) is 1.51. The molecule has 0 fully saturated rings. The van der Waals surface area contributed by atoms with Gasteiger partial charge in [-0.2, -0.15) is 0 Å². The van der Waals surface area contributed by atoms with Gasteiger partial charge in [-0.3, -0.25) is 19.2 Å². The molecule has 0 radical (unpaired) electrons. The van der Waals surface area contributed by atoms with Crippen LogP contribution in [0.25, 0.3) is 11.1 Å². The number of hydroxylamine groups is 1. The van der Waals surface area contributed by atoms with Gasteiger partial charge in [0.2, 0.25) is 11.8 Å². The summed E-state index contributed by atoms with van der Waals surface area (Å²) in [6.45, 7) is 0.168. The zero-order valence-corrected chi connectivity index (χ0v) is 22.8. The summed E-state index contributed by atoms with van der Waals surface area (Å²) in [5.74, 6) is -1.09. The maximum absolute atomic E-state index is 13.5. The standard InChI is InChI=1S/C33H33N3O5/c1-34-32(38)29(21-24-11-5-2-6-12-24)35-33(39)30(22-31(37)36-40-23-25-13-7-3-8-14-25)41-28-19-17-27(18-20-28)26-15-9-4-10-16-26/h2-20,29-30H,21-23H2,1H3,(H,34,38)(H,35,39)(H,36,37)/t29-,30+/m0/s1. The number of amides is 3. The average molecular weight is 552 g/mol. The third kappa shape index (κ3) is 9.05. The molecule has 210 valence electrons. The molecule has 0 aliphatic carbocycles. The van der Waals surface area contributed by atoms with Crippen LogP contribution in [0.1, 0.15) is 17.5 Å². The Labute approximate surface area is 239 Å². The minimum atomic E-state index is -1.22. The molecule has 0 spiro atoms. The van der Waals surface area contributed by atoms with Crippen LogP contribution in [0, 0.1) is 0 Å². The van der Waals surface area contributed by atoms with E-state index in [1.807, 2.05) is 103 Å². The number of carbonyl (C=O) groups is 3. The molecule has 41 heavy (non-hydrogen) atoms. The third-order valence-electron chi connectivity index (χ3n) is 6.33. The second-order valence-corrected chi connectivity index (χ2v) is 9.37. The number of benzene rings is 4. The van der Waals surface area contributed by atoms with Gasteiger partial charge >= 0.3 is 0 Å². The molecule has 8 heteroatoms. The van der Waals surface area contributed by atoms with Crippen LogP contribution < -0.4 is 20.9 Å². The Morgan fingerprint density at radius 2 is 1.24 bits per heavy atom. The van der Waals surface area contributed by atoms with E-state index in [4.69, 9.17) is 9.57 Å². The zero-order chi connectivity index (χ0) is 28.9. The topological polar surface area (TPSA) is 106 Å². The van der Waals surface area contributed by atoms with Crippen molar-refractivity contribution in [3.8, 4) is 16.9 Å². The van der Waals surface area contributed by atoms with Crippen LogP contribution in [0.5, 0.6) is 5.75 Å². The van der Waals surface area contributed by atoms with Crippen molar-refractivity contribution in [2.24, 2.45) is 0 Å². The van der Waals surface area contributed by atoms with Crippen molar-refractivity contribution >= 4 is 17.7 Å². The van der Waals surface area contributed by atoms with E-state index in [0.29, 0.717) is 5.75 Å². The van der Waals surface area contributed by atoms with Gasteiger partial charge in [0.15, 0.2) is 6.10 Å². The number of carbonyl (C=O) groups excluding carboxylic acids is 3. The quantitative estimate of drug-likeness (QED) is 0.216. The highest BCUT2D eigenvalue weighted by atomic mass is 16.6. The maximum atomic E-state index is 13.5. The van der Waals surface area contributed by atoms with Crippen LogP contribution in [0.2, 0.25) is 0 Å². The van der Waals surface area contributed by atoms with Crippen molar-refractivity contribution in [1.29, 1.82) is 0 Å². The monoisotopic (exact) mass is 551 g/mol. The summed E-state index contributed by atoms with van der Waals surface area (Å²) < 4.78 is 6.01. The van der Waals surface area contributed by atoms with Crippen molar-refractivity contribution in [1.82, 2.24) is 16.1 Å². The van der Waals surface area contributed by atoms with Crippen LogP contribution >= 0.6 is 0 Å². The molecule has 0 aromatic heterocycles. The van der Waals surface area contributed by atoms with Crippen LogP contribution in [0.4, 0.5) is 0 Å². The number of hydrogen-bond donors (Lipinski definition) is 3. The summed E-state index contributed by atoms with van der Waals surface area (Å²) in [6, 6.07) is 35.0. The van der Waals surface area contributed by atoms with Crippen LogP contribution in [0.3, 0.4) is 0 Å². The molecular weight excluding hydrogens is 518 g/mol. The van der Waals surface area contributed by atoms with Gasteiger partial charge in [-0.1, -0.05) is 103 Å².